The molecule has 2 aromatic rings. The molecule has 7 nitrogen and oxygen atoms in total. The molecule has 35 heavy (non-hydrogen) atoms. The fourth-order valence-corrected chi connectivity index (χ4v) is 4.94. The van der Waals surface area contributed by atoms with E-state index in [1.807, 2.05) is 0 Å². The van der Waals surface area contributed by atoms with E-state index in [1.165, 1.54) is 30.0 Å². The summed E-state index contributed by atoms with van der Waals surface area (Å²) < 4.78 is 42.5. The first-order chi connectivity index (χ1) is 16.3. The van der Waals surface area contributed by atoms with Crippen LogP contribution >= 0.6 is 47.4 Å². The maximum absolute atomic E-state index is 12.9. The van der Waals surface area contributed by atoms with Crippen molar-refractivity contribution in [3.05, 3.63) is 57.0 Å². The number of halogens is 5. The van der Waals surface area contributed by atoms with Crippen LogP contribution in [-0.4, -0.2) is 36.9 Å². The van der Waals surface area contributed by atoms with E-state index in [9.17, 15) is 18.8 Å². The second-order valence-electron chi connectivity index (χ2n) is 7.97. The van der Waals surface area contributed by atoms with Gasteiger partial charge in [-0.05, 0) is 36.5 Å². The largest absolute Gasteiger partial charge is 0.619 e. The summed E-state index contributed by atoms with van der Waals surface area (Å²) in [5.74, 6) is 0.677. The molecule has 2 fully saturated rings. The SMILES string of the molecule is Cl.O=C(O[C@@H](Cc1c(Cl)c[n+]([O-])cc1Cl)c1ccc(OC(F)F)c(OCC2CC2)c1)C1NCCS1. The lowest BCUT2D eigenvalue weighted by Crippen LogP contribution is -2.32. The zero-order chi connectivity index (χ0) is 24.2. The van der Waals surface area contributed by atoms with E-state index in [1.54, 1.807) is 0 Å². The van der Waals surface area contributed by atoms with E-state index < -0.39 is 24.1 Å². The van der Waals surface area contributed by atoms with Crippen molar-refractivity contribution >= 4 is 53.3 Å². The first-order valence-corrected chi connectivity index (χ1v) is 12.4. The number of carbonyl (C=O) groups is 1. The van der Waals surface area contributed by atoms with Crippen molar-refractivity contribution in [2.75, 3.05) is 18.9 Å². The lowest BCUT2D eigenvalue weighted by Gasteiger charge is -2.22. The number of carbonyl (C=O) groups excluding carboxylic acids is 1. The summed E-state index contributed by atoms with van der Waals surface area (Å²) in [5, 5.41) is 14.4. The Labute approximate surface area is 221 Å². The van der Waals surface area contributed by atoms with E-state index in [0.29, 0.717) is 34.9 Å². The van der Waals surface area contributed by atoms with E-state index in [2.05, 4.69) is 10.1 Å². The van der Waals surface area contributed by atoms with Crippen molar-refractivity contribution in [3.8, 4) is 11.5 Å². The summed E-state index contributed by atoms with van der Waals surface area (Å²) in [6.45, 7) is -1.97. The van der Waals surface area contributed by atoms with Gasteiger partial charge in [0.1, 0.15) is 16.1 Å². The van der Waals surface area contributed by atoms with Crippen LogP contribution in [0.3, 0.4) is 0 Å². The maximum atomic E-state index is 12.9. The van der Waals surface area contributed by atoms with Gasteiger partial charge < -0.3 is 19.4 Å². The number of aromatic nitrogens is 1. The number of pyridine rings is 1. The van der Waals surface area contributed by atoms with Crippen LogP contribution in [0.15, 0.2) is 30.6 Å². The second kappa shape index (κ2) is 12.5. The molecule has 2 atom stereocenters. The van der Waals surface area contributed by atoms with Gasteiger partial charge in [-0.25, -0.2) is 4.79 Å². The fourth-order valence-electron chi connectivity index (χ4n) is 3.44. The van der Waals surface area contributed by atoms with Gasteiger partial charge >= 0.3 is 12.6 Å². The minimum atomic E-state index is -3.02. The molecule has 2 aliphatic rings. The van der Waals surface area contributed by atoms with Gasteiger partial charge in [-0.1, -0.05) is 29.3 Å². The first kappa shape index (κ1) is 27.9. The third-order valence-corrected chi connectivity index (χ3v) is 7.15. The molecule has 0 spiro atoms. The van der Waals surface area contributed by atoms with Gasteiger partial charge in [-0.15, -0.1) is 24.2 Å². The summed E-state index contributed by atoms with van der Waals surface area (Å²) >= 11 is 13.9. The summed E-state index contributed by atoms with van der Waals surface area (Å²) in [6.07, 6.45) is 3.51. The highest BCUT2D eigenvalue weighted by molar-refractivity contribution is 8.00. The zero-order valence-electron chi connectivity index (χ0n) is 18.3. The molecular weight excluding hydrogens is 549 g/mol. The quantitative estimate of drug-likeness (QED) is 0.246. The Balaban J connectivity index is 0.00000342. The number of alkyl halides is 2. The highest BCUT2D eigenvalue weighted by Crippen LogP contribution is 2.38. The number of hydrogen-bond donors (Lipinski definition) is 1. The third-order valence-electron chi connectivity index (χ3n) is 5.36. The third kappa shape index (κ3) is 7.63. The van der Waals surface area contributed by atoms with Crippen LogP contribution < -0.4 is 19.5 Å². The van der Waals surface area contributed by atoms with Crippen molar-refractivity contribution in [1.29, 1.82) is 0 Å². The molecule has 192 valence electrons. The Hall–Kier alpha value is -1.72. The van der Waals surface area contributed by atoms with Crippen molar-refractivity contribution in [2.24, 2.45) is 5.92 Å². The van der Waals surface area contributed by atoms with Crippen LogP contribution in [0, 0.1) is 11.1 Å². The average molecular weight is 572 g/mol. The molecule has 0 radical (unpaired) electrons. The Morgan fingerprint density at radius 2 is 1.94 bits per heavy atom. The number of hydrogen-bond acceptors (Lipinski definition) is 7. The molecule has 0 bridgehead atoms. The van der Waals surface area contributed by atoms with Crippen molar-refractivity contribution in [2.45, 2.75) is 37.4 Å². The highest BCUT2D eigenvalue weighted by atomic mass is 35.5. The molecule has 1 aliphatic heterocycles. The van der Waals surface area contributed by atoms with Crippen molar-refractivity contribution in [3.63, 3.8) is 0 Å². The molecular formula is C22H23Cl3F2N2O5S. The molecule has 1 unspecified atom stereocenters. The summed E-state index contributed by atoms with van der Waals surface area (Å²) in [6, 6.07) is 4.39. The minimum absolute atomic E-state index is 0. The maximum Gasteiger partial charge on any atom is 0.387 e. The standard InChI is InChI=1S/C22H22Cl2F2N2O5S.ClH/c23-15-9-28(30)10-16(24)14(15)8-18(32-21(29)20-27-5-6-34-20)13-3-4-17(33-22(25)26)19(7-13)31-11-12-1-2-12;/h3-4,7,9-10,12,18,20,22,27H,1-2,5-6,8,11H2;1H/t18-,20?;/m0./s1. The first-order valence-electron chi connectivity index (χ1n) is 10.6. The second-order valence-corrected chi connectivity index (χ2v) is 9.99. The smallest absolute Gasteiger partial charge is 0.387 e. The lowest BCUT2D eigenvalue weighted by atomic mass is 10.0. The van der Waals surface area contributed by atoms with Crippen LogP contribution in [0.5, 0.6) is 11.5 Å². The van der Waals surface area contributed by atoms with Gasteiger partial charge in [-0.3, -0.25) is 5.32 Å². The van der Waals surface area contributed by atoms with Gasteiger partial charge in [0.15, 0.2) is 29.3 Å². The Bertz CT molecular complexity index is 1020. The van der Waals surface area contributed by atoms with Gasteiger partial charge in [0.25, 0.3) is 0 Å². The number of ether oxygens (including phenoxy) is 3. The lowest BCUT2D eigenvalue weighted by molar-refractivity contribution is -0.605. The number of nitrogens with one attached hydrogen (secondary N) is 1. The van der Waals surface area contributed by atoms with E-state index in [-0.39, 0.29) is 40.4 Å². The van der Waals surface area contributed by atoms with Gasteiger partial charge in [0.05, 0.1) is 6.61 Å². The molecule has 4 rings (SSSR count). The van der Waals surface area contributed by atoms with E-state index in [0.717, 1.165) is 31.0 Å². The average Bonchev–Trinajstić information content (AvgIpc) is 3.44. The van der Waals surface area contributed by atoms with Crippen LogP contribution in [0.25, 0.3) is 0 Å². The molecule has 0 amide bonds. The highest BCUT2D eigenvalue weighted by Gasteiger charge is 2.30. The fraction of sp³-hybridized carbons (Fsp3) is 0.455. The molecule has 1 aromatic heterocycles. The van der Waals surface area contributed by atoms with Gasteiger partial charge in [0.2, 0.25) is 0 Å². The number of thioether (sulfide) groups is 1. The van der Waals surface area contributed by atoms with Gasteiger partial charge in [-0.2, -0.15) is 13.5 Å². The molecule has 1 saturated carbocycles. The Morgan fingerprint density at radius 1 is 1.23 bits per heavy atom. The summed E-state index contributed by atoms with van der Waals surface area (Å²) in [5.41, 5.74) is 0.892. The number of rotatable bonds is 10. The molecule has 13 heteroatoms. The summed E-state index contributed by atoms with van der Waals surface area (Å²) in [4.78, 5) is 12.8. The summed E-state index contributed by atoms with van der Waals surface area (Å²) in [7, 11) is 0. The Morgan fingerprint density at radius 3 is 2.54 bits per heavy atom. The Kier molecular flexibility index (Phi) is 9.94. The van der Waals surface area contributed by atoms with Crippen molar-refractivity contribution < 1.29 is 32.5 Å². The van der Waals surface area contributed by atoms with Crippen LogP contribution in [-0.2, 0) is 16.0 Å². The predicted molar refractivity (Wildman–Crippen MR) is 131 cm³/mol. The molecule has 1 saturated heterocycles. The molecule has 1 aromatic carbocycles. The predicted octanol–water partition coefficient (Wildman–Crippen LogP) is 4.93. The van der Waals surface area contributed by atoms with Crippen LogP contribution in [0.1, 0.15) is 30.1 Å². The van der Waals surface area contributed by atoms with E-state index >= 15 is 0 Å². The molecule has 1 N–H and O–H groups in total. The normalized spacial score (nSPS) is 18.1. The molecule has 1 aliphatic carbocycles. The number of nitrogens with zero attached hydrogens (tertiary/aromatic N) is 1. The van der Waals surface area contributed by atoms with Crippen LogP contribution in [0.4, 0.5) is 8.78 Å². The zero-order valence-corrected chi connectivity index (χ0v) is 21.4. The topological polar surface area (TPSA) is 83.7 Å². The van der Waals surface area contributed by atoms with Crippen LogP contribution in [0.2, 0.25) is 10.0 Å². The monoisotopic (exact) mass is 570 g/mol. The van der Waals surface area contributed by atoms with Gasteiger partial charge in [0, 0.05) is 24.3 Å². The molecule has 2 heterocycles. The number of esters is 1. The van der Waals surface area contributed by atoms with Crippen molar-refractivity contribution in [1.82, 2.24) is 5.32 Å². The minimum Gasteiger partial charge on any atom is -0.619 e. The number of benzene rings is 1. The van der Waals surface area contributed by atoms with E-state index in [4.69, 9.17) is 32.7 Å².